The molecule has 0 amide bonds. The predicted octanol–water partition coefficient (Wildman–Crippen LogP) is 3.88. The molecule has 1 N–H and O–H groups in total. The molecule has 112 valence electrons. The maximum Gasteiger partial charge on any atom is 0.0338 e. The fourth-order valence-corrected chi connectivity index (χ4v) is 4.57. The fraction of sp³-hybridized carbons (Fsp3) is 0.765. The number of thiophene rings is 1. The molecule has 1 aliphatic carbocycles. The van der Waals surface area contributed by atoms with Crippen LogP contribution in [0.1, 0.15) is 51.5 Å². The fourth-order valence-electron chi connectivity index (χ4n) is 3.91. The van der Waals surface area contributed by atoms with Crippen molar-refractivity contribution in [3.05, 3.63) is 22.4 Å². The lowest BCUT2D eigenvalue weighted by Gasteiger charge is -2.53. The topological polar surface area (TPSA) is 15.3 Å². The molecule has 1 unspecified atom stereocenters. The second kappa shape index (κ2) is 6.17. The van der Waals surface area contributed by atoms with E-state index in [2.05, 4.69) is 40.9 Å². The van der Waals surface area contributed by atoms with E-state index >= 15 is 0 Å². The Hall–Kier alpha value is -0.380. The van der Waals surface area contributed by atoms with E-state index in [1.807, 2.05) is 11.3 Å². The molecule has 3 heteroatoms. The molecule has 0 aromatic carbocycles. The van der Waals surface area contributed by atoms with Crippen molar-refractivity contribution in [1.29, 1.82) is 0 Å². The molecular weight excluding hydrogens is 264 g/mol. The molecule has 1 saturated heterocycles. The lowest BCUT2D eigenvalue weighted by molar-refractivity contribution is -0.00413. The van der Waals surface area contributed by atoms with Crippen LogP contribution >= 0.6 is 11.3 Å². The van der Waals surface area contributed by atoms with Gasteiger partial charge < -0.3 is 5.32 Å². The quantitative estimate of drug-likeness (QED) is 0.909. The molecule has 1 aromatic rings. The highest BCUT2D eigenvalue weighted by Gasteiger charge is 2.42. The Morgan fingerprint density at radius 3 is 2.80 bits per heavy atom. The monoisotopic (exact) mass is 292 g/mol. The Morgan fingerprint density at radius 1 is 1.35 bits per heavy atom. The third kappa shape index (κ3) is 2.95. The van der Waals surface area contributed by atoms with E-state index in [1.54, 1.807) is 0 Å². The molecule has 2 aliphatic rings. The molecule has 1 atom stereocenters. The van der Waals surface area contributed by atoms with Gasteiger partial charge in [-0.15, -0.1) is 0 Å². The van der Waals surface area contributed by atoms with Crippen molar-refractivity contribution in [2.24, 2.45) is 5.92 Å². The summed E-state index contributed by atoms with van der Waals surface area (Å²) < 4.78 is 0. The van der Waals surface area contributed by atoms with E-state index < -0.39 is 0 Å². The van der Waals surface area contributed by atoms with Crippen LogP contribution in [-0.4, -0.2) is 29.6 Å². The summed E-state index contributed by atoms with van der Waals surface area (Å²) in [6, 6.07) is 2.95. The second-order valence-corrected chi connectivity index (χ2v) is 7.81. The smallest absolute Gasteiger partial charge is 0.0338 e. The first-order valence-corrected chi connectivity index (χ1v) is 9.13. The van der Waals surface area contributed by atoms with Gasteiger partial charge in [0.2, 0.25) is 0 Å². The molecule has 2 fully saturated rings. The predicted molar refractivity (Wildman–Crippen MR) is 87.2 cm³/mol. The van der Waals surface area contributed by atoms with E-state index in [9.17, 15) is 0 Å². The van der Waals surface area contributed by atoms with Crippen LogP contribution in [0.5, 0.6) is 0 Å². The molecule has 1 aliphatic heterocycles. The lowest BCUT2D eigenvalue weighted by Crippen LogP contribution is -2.65. The van der Waals surface area contributed by atoms with Gasteiger partial charge in [0.1, 0.15) is 0 Å². The van der Waals surface area contributed by atoms with Crippen molar-refractivity contribution in [3.63, 3.8) is 0 Å². The molecule has 1 spiro atoms. The summed E-state index contributed by atoms with van der Waals surface area (Å²) >= 11 is 1.83. The summed E-state index contributed by atoms with van der Waals surface area (Å²) in [6.07, 6.45) is 7.02. The molecule has 1 aromatic heterocycles. The van der Waals surface area contributed by atoms with Gasteiger partial charge >= 0.3 is 0 Å². The highest BCUT2D eigenvalue weighted by molar-refractivity contribution is 7.07. The minimum atomic E-state index is 0.436. The van der Waals surface area contributed by atoms with Gasteiger partial charge in [0.05, 0.1) is 0 Å². The van der Waals surface area contributed by atoms with Crippen molar-refractivity contribution < 1.29 is 0 Å². The number of hydrogen-bond donors (Lipinski definition) is 1. The Balaban J connectivity index is 1.77. The average molecular weight is 292 g/mol. The Labute approximate surface area is 127 Å². The van der Waals surface area contributed by atoms with Crippen LogP contribution in [-0.2, 0) is 6.54 Å². The van der Waals surface area contributed by atoms with E-state index in [0.29, 0.717) is 11.6 Å². The Bertz CT molecular complexity index is 407. The molecule has 1 saturated carbocycles. The third-order valence-corrected chi connectivity index (χ3v) is 6.06. The van der Waals surface area contributed by atoms with Crippen molar-refractivity contribution in [3.8, 4) is 0 Å². The standard InChI is InChI=1S/C17H28N2S/c1-14(2)16-11-19(10-15-6-9-20-12-15)17(13-18-16)7-4-3-5-8-17/h6,9,12,14,16,18H,3-5,7-8,10-11,13H2,1-2H3. The highest BCUT2D eigenvalue weighted by Crippen LogP contribution is 2.37. The van der Waals surface area contributed by atoms with Crippen LogP contribution in [0.4, 0.5) is 0 Å². The largest absolute Gasteiger partial charge is 0.311 e. The molecule has 0 bridgehead atoms. The van der Waals surface area contributed by atoms with Crippen LogP contribution in [0.15, 0.2) is 16.8 Å². The van der Waals surface area contributed by atoms with E-state index in [4.69, 9.17) is 0 Å². The number of nitrogens with zero attached hydrogens (tertiary/aromatic N) is 1. The first-order valence-electron chi connectivity index (χ1n) is 8.19. The van der Waals surface area contributed by atoms with E-state index in [0.717, 1.165) is 12.5 Å². The molecule has 3 rings (SSSR count). The maximum absolute atomic E-state index is 3.85. The summed E-state index contributed by atoms with van der Waals surface area (Å²) in [7, 11) is 0. The van der Waals surface area contributed by atoms with E-state index in [-0.39, 0.29) is 0 Å². The Kier molecular flexibility index (Phi) is 4.49. The van der Waals surface area contributed by atoms with Crippen molar-refractivity contribution in [2.45, 2.75) is 64.1 Å². The molecule has 0 radical (unpaired) electrons. The van der Waals surface area contributed by atoms with Gasteiger partial charge in [-0.2, -0.15) is 11.3 Å². The zero-order valence-electron chi connectivity index (χ0n) is 12.9. The minimum absolute atomic E-state index is 0.436. The van der Waals surface area contributed by atoms with Crippen LogP contribution < -0.4 is 5.32 Å². The van der Waals surface area contributed by atoms with Crippen molar-refractivity contribution >= 4 is 11.3 Å². The van der Waals surface area contributed by atoms with Crippen molar-refractivity contribution in [1.82, 2.24) is 10.2 Å². The van der Waals surface area contributed by atoms with Gasteiger partial charge in [0.15, 0.2) is 0 Å². The van der Waals surface area contributed by atoms with Gasteiger partial charge in [0, 0.05) is 31.2 Å². The van der Waals surface area contributed by atoms with Crippen LogP contribution in [0.25, 0.3) is 0 Å². The highest BCUT2D eigenvalue weighted by atomic mass is 32.1. The number of nitrogens with one attached hydrogen (secondary N) is 1. The van der Waals surface area contributed by atoms with Crippen LogP contribution in [0.2, 0.25) is 0 Å². The summed E-state index contributed by atoms with van der Waals surface area (Å²) in [4.78, 5) is 2.81. The molecule has 2 nitrogen and oxygen atoms in total. The zero-order valence-corrected chi connectivity index (χ0v) is 13.7. The third-order valence-electron chi connectivity index (χ3n) is 5.32. The lowest BCUT2D eigenvalue weighted by atomic mass is 9.77. The molecule has 20 heavy (non-hydrogen) atoms. The van der Waals surface area contributed by atoms with Gasteiger partial charge in [0.25, 0.3) is 0 Å². The van der Waals surface area contributed by atoms with Gasteiger partial charge in [-0.1, -0.05) is 33.1 Å². The van der Waals surface area contributed by atoms with Gasteiger partial charge in [-0.3, -0.25) is 4.90 Å². The summed E-state index contributed by atoms with van der Waals surface area (Å²) in [6.45, 7) is 8.25. The maximum atomic E-state index is 3.85. The number of hydrogen-bond acceptors (Lipinski definition) is 3. The van der Waals surface area contributed by atoms with E-state index in [1.165, 1.54) is 50.8 Å². The first-order chi connectivity index (χ1) is 9.70. The number of rotatable bonds is 3. The minimum Gasteiger partial charge on any atom is -0.311 e. The summed E-state index contributed by atoms with van der Waals surface area (Å²) in [5, 5.41) is 8.39. The van der Waals surface area contributed by atoms with Crippen LogP contribution in [0.3, 0.4) is 0 Å². The first kappa shape index (κ1) is 14.6. The zero-order chi connectivity index (χ0) is 14.0. The van der Waals surface area contributed by atoms with Crippen LogP contribution in [0, 0.1) is 5.92 Å². The normalized spacial score (nSPS) is 27.2. The molecule has 2 heterocycles. The summed E-state index contributed by atoms with van der Waals surface area (Å²) in [5.74, 6) is 0.723. The molecular formula is C17H28N2S. The average Bonchev–Trinajstić information content (AvgIpc) is 2.95. The Morgan fingerprint density at radius 2 is 2.15 bits per heavy atom. The summed E-state index contributed by atoms with van der Waals surface area (Å²) in [5.41, 5.74) is 1.94. The second-order valence-electron chi connectivity index (χ2n) is 7.03. The van der Waals surface area contributed by atoms with Gasteiger partial charge in [-0.05, 0) is 41.1 Å². The van der Waals surface area contributed by atoms with Crippen molar-refractivity contribution in [2.75, 3.05) is 13.1 Å². The van der Waals surface area contributed by atoms with Gasteiger partial charge in [-0.25, -0.2) is 0 Å². The SMILES string of the molecule is CC(C)C1CN(Cc2ccsc2)C2(CCCCC2)CN1. The number of piperazine rings is 1.